The van der Waals surface area contributed by atoms with Gasteiger partial charge in [0.2, 0.25) is 0 Å². The maximum Gasteiger partial charge on any atom is 0.181 e. The third kappa shape index (κ3) is 1.92. The van der Waals surface area contributed by atoms with Crippen molar-refractivity contribution in [1.29, 1.82) is 0 Å². The zero-order valence-electron chi connectivity index (χ0n) is 7.51. The predicted octanol–water partition coefficient (Wildman–Crippen LogP) is 4.03. The first-order chi connectivity index (χ1) is 7.24. The van der Waals surface area contributed by atoms with Crippen molar-refractivity contribution in [3.63, 3.8) is 0 Å². The van der Waals surface area contributed by atoms with E-state index in [1.807, 2.05) is 0 Å². The largest absolute Gasteiger partial charge is 0.443 e. The molecular formula is C10H6BrClFNO. The van der Waals surface area contributed by atoms with Crippen LogP contribution in [0.1, 0.15) is 5.69 Å². The van der Waals surface area contributed by atoms with Gasteiger partial charge in [-0.05, 0) is 12.1 Å². The number of alkyl halides is 1. The van der Waals surface area contributed by atoms with Crippen molar-refractivity contribution in [3.8, 4) is 11.3 Å². The number of hydrogen-bond donors (Lipinski definition) is 0. The standard InChI is InChI=1S/C10H6BrClFNO/c11-4-8-10(15-5-14-8)9-6(12)2-1-3-7(9)13/h1-3,5H,4H2. The molecule has 0 aliphatic rings. The van der Waals surface area contributed by atoms with Crippen LogP contribution in [0.25, 0.3) is 11.3 Å². The average Bonchev–Trinajstić information content (AvgIpc) is 2.65. The zero-order chi connectivity index (χ0) is 10.8. The van der Waals surface area contributed by atoms with Crippen LogP contribution in [0.2, 0.25) is 5.02 Å². The molecular weight excluding hydrogens is 284 g/mol. The van der Waals surface area contributed by atoms with E-state index in [1.54, 1.807) is 12.1 Å². The summed E-state index contributed by atoms with van der Waals surface area (Å²) in [5.41, 5.74) is 0.883. The second-order valence-corrected chi connectivity index (χ2v) is 3.83. The molecule has 0 N–H and O–H groups in total. The molecule has 15 heavy (non-hydrogen) atoms. The lowest BCUT2D eigenvalue weighted by Gasteiger charge is -2.03. The molecule has 0 radical (unpaired) electrons. The summed E-state index contributed by atoms with van der Waals surface area (Å²) >= 11 is 9.15. The maximum atomic E-state index is 13.5. The molecule has 0 atom stereocenters. The SMILES string of the molecule is Fc1cccc(Cl)c1-c1ocnc1CBr. The monoisotopic (exact) mass is 289 g/mol. The van der Waals surface area contributed by atoms with E-state index in [1.165, 1.54) is 12.5 Å². The van der Waals surface area contributed by atoms with Gasteiger partial charge in [-0.25, -0.2) is 9.37 Å². The molecule has 0 aliphatic carbocycles. The highest BCUT2D eigenvalue weighted by Gasteiger charge is 2.17. The fourth-order valence-corrected chi connectivity index (χ4v) is 1.93. The van der Waals surface area contributed by atoms with Gasteiger partial charge in [0.15, 0.2) is 12.2 Å². The first-order valence-corrected chi connectivity index (χ1v) is 5.66. The van der Waals surface area contributed by atoms with Gasteiger partial charge in [0.05, 0.1) is 16.3 Å². The number of aromatic nitrogens is 1. The molecule has 0 unspecified atom stereocenters. The Bertz CT molecular complexity index is 466. The normalized spacial score (nSPS) is 10.6. The number of rotatable bonds is 2. The van der Waals surface area contributed by atoms with Gasteiger partial charge in [-0.2, -0.15) is 0 Å². The molecule has 0 amide bonds. The van der Waals surface area contributed by atoms with E-state index >= 15 is 0 Å². The number of hydrogen-bond acceptors (Lipinski definition) is 2. The van der Waals surface area contributed by atoms with Gasteiger partial charge in [0, 0.05) is 5.33 Å². The van der Waals surface area contributed by atoms with Crippen LogP contribution in [0.3, 0.4) is 0 Å². The first kappa shape index (κ1) is 10.6. The van der Waals surface area contributed by atoms with Crippen LogP contribution in [-0.4, -0.2) is 4.98 Å². The van der Waals surface area contributed by atoms with Crippen molar-refractivity contribution in [3.05, 3.63) is 41.1 Å². The quantitative estimate of drug-likeness (QED) is 0.781. The lowest BCUT2D eigenvalue weighted by molar-refractivity contribution is 0.561. The molecule has 1 aromatic carbocycles. The Morgan fingerprint density at radius 3 is 2.93 bits per heavy atom. The minimum absolute atomic E-state index is 0.256. The fourth-order valence-electron chi connectivity index (χ4n) is 1.28. The van der Waals surface area contributed by atoms with Gasteiger partial charge in [-0.1, -0.05) is 33.6 Å². The molecule has 2 rings (SSSR count). The molecule has 2 nitrogen and oxygen atoms in total. The third-order valence-electron chi connectivity index (χ3n) is 1.96. The topological polar surface area (TPSA) is 26.0 Å². The van der Waals surface area contributed by atoms with Crippen molar-refractivity contribution in [2.75, 3.05) is 0 Å². The molecule has 5 heteroatoms. The summed E-state index contributed by atoms with van der Waals surface area (Å²) in [7, 11) is 0. The second kappa shape index (κ2) is 4.33. The third-order valence-corrected chi connectivity index (χ3v) is 2.80. The van der Waals surface area contributed by atoms with Crippen molar-refractivity contribution in [2.24, 2.45) is 0 Å². The van der Waals surface area contributed by atoms with Gasteiger partial charge < -0.3 is 4.42 Å². The smallest absolute Gasteiger partial charge is 0.181 e. The minimum atomic E-state index is -0.415. The molecule has 0 bridgehead atoms. The van der Waals surface area contributed by atoms with E-state index in [2.05, 4.69) is 20.9 Å². The number of halogens is 3. The number of benzene rings is 1. The summed E-state index contributed by atoms with van der Waals surface area (Å²) in [5, 5.41) is 0.803. The predicted molar refractivity (Wildman–Crippen MR) is 59.5 cm³/mol. The number of oxazole rings is 1. The minimum Gasteiger partial charge on any atom is -0.443 e. The Morgan fingerprint density at radius 1 is 1.47 bits per heavy atom. The van der Waals surface area contributed by atoms with E-state index in [-0.39, 0.29) is 5.56 Å². The van der Waals surface area contributed by atoms with Crippen LogP contribution in [-0.2, 0) is 5.33 Å². The Hall–Kier alpha value is -0.870. The molecule has 0 fully saturated rings. The Labute approximate surface area is 99.2 Å². The Morgan fingerprint density at radius 2 is 2.27 bits per heavy atom. The Balaban J connectivity index is 2.63. The summed E-state index contributed by atoms with van der Waals surface area (Å²) in [6.07, 6.45) is 1.27. The van der Waals surface area contributed by atoms with E-state index in [0.29, 0.717) is 21.8 Å². The van der Waals surface area contributed by atoms with Crippen LogP contribution in [0.4, 0.5) is 4.39 Å². The fraction of sp³-hybridized carbons (Fsp3) is 0.100. The van der Waals surface area contributed by atoms with Crippen LogP contribution in [0.5, 0.6) is 0 Å². The lowest BCUT2D eigenvalue weighted by atomic mass is 10.1. The highest BCUT2D eigenvalue weighted by atomic mass is 79.9. The summed E-state index contributed by atoms with van der Waals surface area (Å²) < 4.78 is 18.7. The molecule has 0 aliphatic heterocycles. The highest BCUT2D eigenvalue weighted by Crippen LogP contribution is 2.33. The van der Waals surface area contributed by atoms with Crippen molar-refractivity contribution in [2.45, 2.75) is 5.33 Å². The molecule has 1 heterocycles. The summed E-state index contributed by atoms with van der Waals surface area (Å²) in [4.78, 5) is 3.95. The average molecular weight is 291 g/mol. The van der Waals surface area contributed by atoms with Crippen LogP contribution in [0.15, 0.2) is 29.0 Å². The van der Waals surface area contributed by atoms with Crippen molar-refractivity contribution < 1.29 is 8.81 Å². The van der Waals surface area contributed by atoms with E-state index < -0.39 is 5.82 Å². The molecule has 2 aromatic rings. The molecule has 0 saturated heterocycles. The lowest BCUT2D eigenvalue weighted by Crippen LogP contribution is -1.88. The van der Waals surface area contributed by atoms with E-state index in [4.69, 9.17) is 16.0 Å². The summed E-state index contributed by atoms with van der Waals surface area (Å²) in [6.45, 7) is 0. The highest BCUT2D eigenvalue weighted by molar-refractivity contribution is 9.08. The number of nitrogens with zero attached hydrogens (tertiary/aromatic N) is 1. The van der Waals surface area contributed by atoms with E-state index in [0.717, 1.165) is 0 Å². The maximum absolute atomic E-state index is 13.5. The van der Waals surface area contributed by atoms with E-state index in [9.17, 15) is 4.39 Å². The molecule has 0 spiro atoms. The van der Waals surface area contributed by atoms with Crippen LogP contribution < -0.4 is 0 Å². The van der Waals surface area contributed by atoms with Gasteiger partial charge >= 0.3 is 0 Å². The zero-order valence-corrected chi connectivity index (χ0v) is 9.85. The van der Waals surface area contributed by atoms with Gasteiger partial charge in [-0.15, -0.1) is 0 Å². The molecule has 0 saturated carbocycles. The van der Waals surface area contributed by atoms with Gasteiger partial charge in [0.25, 0.3) is 0 Å². The van der Waals surface area contributed by atoms with Crippen LogP contribution in [0, 0.1) is 5.82 Å². The molecule has 1 aromatic heterocycles. The summed E-state index contributed by atoms with van der Waals surface area (Å²) in [6, 6.07) is 4.49. The molecule has 78 valence electrons. The first-order valence-electron chi connectivity index (χ1n) is 4.16. The second-order valence-electron chi connectivity index (χ2n) is 2.86. The van der Waals surface area contributed by atoms with Crippen molar-refractivity contribution >= 4 is 27.5 Å². The Kier molecular flexibility index (Phi) is 3.07. The summed E-state index contributed by atoms with van der Waals surface area (Å²) in [5.74, 6) is -0.0450. The van der Waals surface area contributed by atoms with Gasteiger partial charge in [0.1, 0.15) is 5.82 Å². The van der Waals surface area contributed by atoms with Crippen LogP contribution >= 0.6 is 27.5 Å². The van der Waals surface area contributed by atoms with Crippen molar-refractivity contribution in [1.82, 2.24) is 4.98 Å². The van der Waals surface area contributed by atoms with Gasteiger partial charge in [-0.3, -0.25) is 0 Å².